The predicted octanol–water partition coefficient (Wildman–Crippen LogP) is 4.73. The molecule has 0 fully saturated rings. The molecular weight excluding hydrogens is 256 g/mol. The van der Waals surface area contributed by atoms with E-state index in [-0.39, 0.29) is 0 Å². The van der Waals surface area contributed by atoms with Gasteiger partial charge in [0.1, 0.15) is 6.67 Å². The Morgan fingerprint density at radius 2 is 1.14 bits per heavy atom. The predicted molar refractivity (Wildman–Crippen MR) is 87.3 cm³/mol. The van der Waals surface area contributed by atoms with Crippen LogP contribution in [0.3, 0.4) is 0 Å². The van der Waals surface area contributed by atoms with Crippen LogP contribution in [-0.4, -0.2) is 6.67 Å². The molecule has 0 atom stereocenters. The van der Waals surface area contributed by atoms with Crippen LogP contribution in [0.1, 0.15) is 0 Å². The van der Waals surface area contributed by atoms with E-state index < -0.39 is 0 Å². The minimum atomic E-state index is 0.827. The van der Waals surface area contributed by atoms with Crippen molar-refractivity contribution in [3.63, 3.8) is 0 Å². The third kappa shape index (κ3) is 2.05. The van der Waals surface area contributed by atoms with Crippen LogP contribution in [0, 0.1) is 6.07 Å². The van der Waals surface area contributed by atoms with E-state index >= 15 is 0 Å². The first-order chi connectivity index (χ1) is 10.4. The zero-order chi connectivity index (χ0) is 14.1. The summed E-state index contributed by atoms with van der Waals surface area (Å²) in [6.07, 6.45) is 0. The molecule has 21 heavy (non-hydrogen) atoms. The Bertz CT molecular complexity index is 673. The van der Waals surface area contributed by atoms with Gasteiger partial charge < -0.3 is 9.80 Å². The Kier molecular flexibility index (Phi) is 2.86. The number of para-hydroxylation sites is 3. The summed E-state index contributed by atoms with van der Waals surface area (Å²) in [5.74, 6) is 0. The average Bonchev–Trinajstić information content (AvgIpc) is 2.96. The van der Waals surface area contributed by atoms with Gasteiger partial charge in [0.25, 0.3) is 0 Å². The quantitative estimate of drug-likeness (QED) is 0.664. The van der Waals surface area contributed by atoms with E-state index in [9.17, 15) is 0 Å². The Labute approximate surface area is 124 Å². The molecule has 0 unspecified atom stereocenters. The van der Waals surface area contributed by atoms with Crippen molar-refractivity contribution in [1.29, 1.82) is 0 Å². The fourth-order valence-corrected chi connectivity index (χ4v) is 2.82. The van der Waals surface area contributed by atoms with E-state index in [0.717, 1.165) is 6.67 Å². The van der Waals surface area contributed by atoms with Crippen LogP contribution in [0.25, 0.3) is 0 Å². The Balaban J connectivity index is 1.81. The summed E-state index contributed by atoms with van der Waals surface area (Å²) < 4.78 is 0. The summed E-state index contributed by atoms with van der Waals surface area (Å²) in [5.41, 5.74) is 4.90. The van der Waals surface area contributed by atoms with E-state index in [1.807, 2.05) is 12.1 Å². The van der Waals surface area contributed by atoms with Crippen LogP contribution >= 0.6 is 0 Å². The van der Waals surface area contributed by atoms with Crippen molar-refractivity contribution in [2.75, 3.05) is 16.5 Å². The third-order valence-electron chi connectivity index (χ3n) is 3.83. The second-order valence-electron chi connectivity index (χ2n) is 5.08. The topological polar surface area (TPSA) is 6.48 Å². The molecule has 2 nitrogen and oxygen atoms in total. The van der Waals surface area contributed by atoms with Gasteiger partial charge in [-0.25, -0.2) is 0 Å². The van der Waals surface area contributed by atoms with Gasteiger partial charge >= 0.3 is 0 Å². The second-order valence-corrected chi connectivity index (χ2v) is 5.08. The SMILES string of the molecule is [c]1ccc(N2CN(c3ccccc3)c3ccccc32)cc1. The van der Waals surface area contributed by atoms with Gasteiger partial charge in [0.2, 0.25) is 0 Å². The maximum atomic E-state index is 3.08. The minimum Gasteiger partial charge on any atom is -0.321 e. The minimum absolute atomic E-state index is 0.827. The monoisotopic (exact) mass is 271 g/mol. The first kappa shape index (κ1) is 12.0. The van der Waals surface area contributed by atoms with Crippen LogP contribution in [0.2, 0.25) is 0 Å². The molecule has 0 spiro atoms. The zero-order valence-electron chi connectivity index (χ0n) is 11.6. The van der Waals surface area contributed by atoms with Crippen molar-refractivity contribution < 1.29 is 0 Å². The largest absolute Gasteiger partial charge is 0.321 e. The molecule has 101 valence electrons. The molecule has 2 heteroatoms. The molecular formula is C19H15N2. The number of rotatable bonds is 2. The van der Waals surface area contributed by atoms with Crippen LogP contribution in [0.4, 0.5) is 22.7 Å². The molecule has 0 saturated heterocycles. The number of fused-ring (bicyclic) bond motifs is 1. The van der Waals surface area contributed by atoms with Crippen molar-refractivity contribution in [3.05, 3.63) is 84.9 Å². The molecule has 1 aliphatic rings. The summed E-state index contributed by atoms with van der Waals surface area (Å²) in [7, 11) is 0. The van der Waals surface area contributed by atoms with Gasteiger partial charge in [-0.3, -0.25) is 0 Å². The molecule has 3 aromatic rings. The van der Waals surface area contributed by atoms with Gasteiger partial charge in [-0.15, -0.1) is 0 Å². The summed E-state index contributed by atoms with van der Waals surface area (Å²) in [6, 6.07) is 30.3. The van der Waals surface area contributed by atoms with E-state index in [4.69, 9.17) is 0 Å². The smallest absolute Gasteiger partial charge is 0.100 e. The molecule has 1 radical (unpaired) electrons. The van der Waals surface area contributed by atoms with E-state index in [0.29, 0.717) is 0 Å². The van der Waals surface area contributed by atoms with Crippen molar-refractivity contribution in [2.45, 2.75) is 0 Å². The molecule has 0 N–H and O–H groups in total. The van der Waals surface area contributed by atoms with Crippen molar-refractivity contribution in [2.24, 2.45) is 0 Å². The van der Waals surface area contributed by atoms with Crippen molar-refractivity contribution in [1.82, 2.24) is 0 Å². The molecule has 4 rings (SSSR count). The number of nitrogens with zero attached hydrogens (tertiary/aromatic N) is 2. The fourth-order valence-electron chi connectivity index (χ4n) is 2.82. The lowest BCUT2D eigenvalue weighted by Crippen LogP contribution is -2.23. The maximum Gasteiger partial charge on any atom is 0.100 e. The molecule has 1 aliphatic heterocycles. The van der Waals surface area contributed by atoms with Gasteiger partial charge in [0.15, 0.2) is 0 Å². The van der Waals surface area contributed by atoms with Gasteiger partial charge in [0.05, 0.1) is 11.4 Å². The number of benzene rings is 3. The summed E-state index contributed by atoms with van der Waals surface area (Å²) in [4.78, 5) is 4.67. The lowest BCUT2D eigenvalue weighted by molar-refractivity contribution is 0.991. The first-order valence-corrected chi connectivity index (χ1v) is 7.09. The number of hydrogen-bond acceptors (Lipinski definition) is 2. The molecule has 0 aromatic heterocycles. The van der Waals surface area contributed by atoms with Gasteiger partial charge in [-0.2, -0.15) is 0 Å². The highest BCUT2D eigenvalue weighted by Gasteiger charge is 2.27. The van der Waals surface area contributed by atoms with Gasteiger partial charge in [-0.05, 0) is 42.5 Å². The molecule has 0 saturated carbocycles. The van der Waals surface area contributed by atoms with E-state index in [1.165, 1.54) is 22.7 Å². The summed E-state index contributed by atoms with van der Waals surface area (Å²) in [5, 5.41) is 0. The second kappa shape index (κ2) is 4.98. The van der Waals surface area contributed by atoms with Crippen LogP contribution in [0.5, 0.6) is 0 Å². The lowest BCUT2D eigenvalue weighted by Gasteiger charge is -2.21. The third-order valence-corrected chi connectivity index (χ3v) is 3.83. The molecule has 1 heterocycles. The summed E-state index contributed by atoms with van der Waals surface area (Å²) >= 11 is 0. The molecule has 3 aromatic carbocycles. The lowest BCUT2D eigenvalue weighted by atomic mass is 10.2. The fraction of sp³-hybridized carbons (Fsp3) is 0.0526. The van der Waals surface area contributed by atoms with E-state index in [1.54, 1.807) is 0 Å². The molecule has 0 amide bonds. The Hall–Kier alpha value is -2.74. The van der Waals surface area contributed by atoms with Gasteiger partial charge in [-0.1, -0.05) is 42.5 Å². The Morgan fingerprint density at radius 1 is 0.619 bits per heavy atom. The summed E-state index contributed by atoms with van der Waals surface area (Å²) in [6.45, 7) is 0.827. The van der Waals surface area contributed by atoms with Crippen molar-refractivity contribution in [3.8, 4) is 0 Å². The van der Waals surface area contributed by atoms with E-state index in [2.05, 4.69) is 82.6 Å². The number of hydrogen-bond donors (Lipinski definition) is 0. The first-order valence-electron chi connectivity index (χ1n) is 7.09. The molecule has 0 bridgehead atoms. The van der Waals surface area contributed by atoms with Crippen LogP contribution in [-0.2, 0) is 0 Å². The standard InChI is InChI=1S/C19H15N2/c1-3-9-16(10-4-1)20-15-21(17-11-5-2-6-12-17)19-14-8-7-13-18(19)20/h1,3-14H,15H2. The van der Waals surface area contributed by atoms with Crippen LogP contribution < -0.4 is 9.80 Å². The highest BCUT2D eigenvalue weighted by atomic mass is 15.4. The van der Waals surface area contributed by atoms with Crippen molar-refractivity contribution >= 4 is 22.7 Å². The normalized spacial score (nSPS) is 13.3. The Morgan fingerprint density at radius 3 is 1.76 bits per heavy atom. The zero-order valence-corrected chi connectivity index (χ0v) is 11.6. The van der Waals surface area contributed by atoms with Crippen LogP contribution in [0.15, 0.2) is 78.9 Å². The van der Waals surface area contributed by atoms with Gasteiger partial charge in [0, 0.05) is 11.4 Å². The number of anilines is 4. The maximum absolute atomic E-state index is 3.08. The highest BCUT2D eigenvalue weighted by Crippen LogP contribution is 2.43. The highest BCUT2D eigenvalue weighted by molar-refractivity contribution is 5.86. The molecule has 0 aliphatic carbocycles. The average molecular weight is 271 g/mol.